The molecule has 1 aliphatic rings. The van der Waals surface area contributed by atoms with E-state index in [0.29, 0.717) is 5.75 Å². The Morgan fingerprint density at radius 3 is 2.40 bits per heavy atom. The molecule has 0 fully saturated rings. The van der Waals surface area contributed by atoms with Gasteiger partial charge in [0.25, 0.3) is 0 Å². The first kappa shape index (κ1) is 19.7. The smallest absolute Gasteiger partial charge is 0.147 e. The topological polar surface area (TPSA) is 9.23 Å². The van der Waals surface area contributed by atoms with Crippen LogP contribution in [0.5, 0.6) is 5.75 Å². The number of hydrogen-bond donors (Lipinski definition) is 0. The molecule has 0 saturated carbocycles. The number of benzene rings is 1. The minimum absolute atomic E-state index is 0. The summed E-state index contributed by atoms with van der Waals surface area (Å²) in [5.41, 5.74) is 0.914. The largest absolute Gasteiger partial charge is 0.147 e. The van der Waals surface area contributed by atoms with E-state index in [9.17, 15) is 4.39 Å². The fourth-order valence-electron chi connectivity index (χ4n) is 1.70. The van der Waals surface area contributed by atoms with Crippen LogP contribution in [-0.2, 0) is 25.0 Å². The molecule has 0 radical (unpaired) electrons. The van der Waals surface area contributed by atoms with Crippen LogP contribution in [0.3, 0.4) is 0 Å². The molecule has 1 nitrogen and oxygen atoms in total. The normalized spacial score (nSPS) is 13.1. The summed E-state index contributed by atoms with van der Waals surface area (Å²) in [6, 6.07) is 5.01. The van der Waals surface area contributed by atoms with Crippen molar-refractivity contribution in [1.29, 1.82) is 0 Å². The summed E-state index contributed by atoms with van der Waals surface area (Å²) in [6.07, 6.45) is 7.26. The minimum atomic E-state index is -0.626. The van der Waals surface area contributed by atoms with Crippen molar-refractivity contribution < 1.29 is 27.3 Å². The van der Waals surface area contributed by atoms with Crippen molar-refractivity contribution in [2.45, 2.75) is 32.6 Å². The molecule has 0 unspecified atom stereocenters. The van der Waals surface area contributed by atoms with E-state index < -0.39 is 19.5 Å². The molecular formula is C15H19Cl2FOTi. The number of allylic oxidation sites excluding steroid dienone is 4. The van der Waals surface area contributed by atoms with E-state index in [-0.39, 0.29) is 36.0 Å². The molecule has 0 N–H and O–H groups in total. The summed E-state index contributed by atoms with van der Waals surface area (Å²) in [4.78, 5) is 0. The van der Waals surface area contributed by atoms with Gasteiger partial charge in [0, 0.05) is 0 Å². The van der Waals surface area contributed by atoms with E-state index in [0.717, 1.165) is 12.0 Å². The van der Waals surface area contributed by atoms with Crippen molar-refractivity contribution in [3.05, 3.63) is 51.7 Å². The summed E-state index contributed by atoms with van der Waals surface area (Å²) in [5.74, 6) is 0.440. The minimum Gasteiger partial charge on any atom is -0.147 e. The van der Waals surface area contributed by atoms with Crippen molar-refractivity contribution in [2.75, 3.05) is 0 Å². The Hall–Kier alpha value is -0.276. The van der Waals surface area contributed by atoms with Gasteiger partial charge in [-0.25, -0.2) is 0 Å². The number of hydrogen-bond acceptors (Lipinski definition) is 1. The van der Waals surface area contributed by atoms with Crippen LogP contribution in [0.25, 0.3) is 0 Å². The van der Waals surface area contributed by atoms with E-state index in [4.69, 9.17) is 3.32 Å². The number of rotatable bonds is 3. The second-order valence-electron chi connectivity index (χ2n) is 5.45. The average Bonchev–Trinajstić information content (AvgIpc) is 2.77. The Morgan fingerprint density at radius 2 is 1.85 bits per heavy atom. The van der Waals surface area contributed by atoms with Gasteiger partial charge in [-0.15, -0.1) is 24.8 Å². The zero-order valence-electron chi connectivity index (χ0n) is 11.8. The van der Waals surface area contributed by atoms with Gasteiger partial charge in [0.2, 0.25) is 0 Å². The zero-order chi connectivity index (χ0) is 13.2. The SMILES string of the molecule is CC(C)(C)c1cc(F)cc([O][Ti][C]2=CC=CC2)c1.Cl.Cl. The molecule has 20 heavy (non-hydrogen) atoms. The van der Waals surface area contributed by atoms with Gasteiger partial charge in [-0.05, 0) is 0 Å². The Morgan fingerprint density at radius 1 is 1.15 bits per heavy atom. The summed E-state index contributed by atoms with van der Waals surface area (Å²) in [6.45, 7) is 6.22. The number of halogens is 3. The van der Waals surface area contributed by atoms with Crippen LogP contribution in [0.4, 0.5) is 4.39 Å². The van der Waals surface area contributed by atoms with Crippen LogP contribution in [0.2, 0.25) is 0 Å². The quantitative estimate of drug-likeness (QED) is 0.680. The molecule has 0 aromatic heterocycles. The summed E-state index contributed by atoms with van der Waals surface area (Å²) in [5, 5.41) is 0. The maximum atomic E-state index is 13.6. The van der Waals surface area contributed by atoms with E-state index in [2.05, 4.69) is 32.9 Å². The van der Waals surface area contributed by atoms with Crippen molar-refractivity contribution >= 4 is 24.8 Å². The molecule has 0 aliphatic heterocycles. The second-order valence-corrected chi connectivity index (χ2v) is 7.09. The predicted octanol–water partition coefficient (Wildman–Crippen LogP) is 5.19. The van der Waals surface area contributed by atoms with Gasteiger partial charge in [0.1, 0.15) is 0 Å². The van der Waals surface area contributed by atoms with Gasteiger partial charge >= 0.3 is 117 Å². The third kappa shape index (κ3) is 5.61. The van der Waals surface area contributed by atoms with E-state index in [1.807, 2.05) is 12.1 Å². The molecule has 0 saturated heterocycles. The van der Waals surface area contributed by atoms with Crippen molar-refractivity contribution in [3.8, 4) is 5.75 Å². The fourth-order valence-corrected chi connectivity index (χ4v) is 2.85. The van der Waals surface area contributed by atoms with Gasteiger partial charge in [0.05, 0.1) is 0 Å². The first-order valence-corrected chi connectivity index (χ1v) is 7.46. The Labute approximate surface area is 141 Å². The predicted molar refractivity (Wildman–Crippen MR) is 82.1 cm³/mol. The third-order valence-corrected chi connectivity index (χ3v) is 4.32. The van der Waals surface area contributed by atoms with Crippen LogP contribution in [-0.4, -0.2) is 0 Å². The molecule has 0 spiro atoms. The van der Waals surface area contributed by atoms with Crippen LogP contribution in [0.1, 0.15) is 32.8 Å². The van der Waals surface area contributed by atoms with Gasteiger partial charge in [-0.2, -0.15) is 0 Å². The maximum Gasteiger partial charge on any atom is -0.147 e. The summed E-state index contributed by atoms with van der Waals surface area (Å²) >= 11 is -0.626. The maximum absolute atomic E-state index is 13.6. The van der Waals surface area contributed by atoms with Gasteiger partial charge in [0.15, 0.2) is 0 Å². The standard InChI is InChI=1S/C10H13FO.C5H5.2ClH.Ti/c1-10(2,3)7-4-8(11)6-9(12)5-7;1-2-4-5-3-1;;;/h4-6,12H,1-3H3;1-3H,4H2;2*1H;/q;;;;+1/p-1. The molecule has 0 atom stereocenters. The molecule has 2 rings (SSSR count). The molecule has 1 aromatic rings. The zero-order valence-corrected chi connectivity index (χ0v) is 15.0. The first-order valence-electron chi connectivity index (χ1n) is 6.05. The third-order valence-electron chi connectivity index (χ3n) is 2.81. The van der Waals surface area contributed by atoms with Gasteiger partial charge in [-0.3, -0.25) is 0 Å². The van der Waals surface area contributed by atoms with Crippen LogP contribution in [0, 0.1) is 5.82 Å². The van der Waals surface area contributed by atoms with E-state index in [1.54, 1.807) is 6.07 Å². The Bertz CT molecular complexity index is 507. The van der Waals surface area contributed by atoms with Crippen molar-refractivity contribution in [1.82, 2.24) is 0 Å². The second kappa shape index (κ2) is 8.24. The summed E-state index contributed by atoms with van der Waals surface area (Å²) in [7, 11) is 0. The van der Waals surface area contributed by atoms with E-state index >= 15 is 0 Å². The monoisotopic (exact) mass is 352 g/mol. The Kier molecular flexibility index (Phi) is 8.12. The summed E-state index contributed by atoms with van der Waals surface area (Å²) < 4.78 is 20.7. The Balaban J connectivity index is 0.00000180. The van der Waals surface area contributed by atoms with Crippen molar-refractivity contribution in [2.24, 2.45) is 0 Å². The van der Waals surface area contributed by atoms with E-state index in [1.165, 1.54) is 9.94 Å². The molecule has 1 aromatic carbocycles. The molecule has 5 heteroatoms. The fraction of sp³-hybridized carbons (Fsp3) is 0.333. The molecule has 0 bridgehead atoms. The molecule has 110 valence electrons. The van der Waals surface area contributed by atoms with Crippen LogP contribution in [0.15, 0.2) is 40.3 Å². The average molecular weight is 353 g/mol. The van der Waals surface area contributed by atoms with Crippen LogP contribution >= 0.6 is 24.8 Å². The van der Waals surface area contributed by atoms with Gasteiger partial charge in [-0.1, -0.05) is 0 Å². The van der Waals surface area contributed by atoms with Crippen LogP contribution < -0.4 is 3.32 Å². The first-order chi connectivity index (χ1) is 8.45. The molecule has 0 heterocycles. The van der Waals surface area contributed by atoms with Gasteiger partial charge < -0.3 is 0 Å². The molecule has 0 amide bonds. The molecular weight excluding hydrogens is 334 g/mol. The van der Waals surface area contributed by atoms with Crippen molar-refractivity contribution in [3.63, 3.8) is 0 Å². The molecule has 1 aliphatic carbocycles.